The number of nitrogens with two attached hydrogens (primary N) is 1. The van der Waals surface area contributed by atoms with Crippen LogP contribution in [0.3, 0.4) is 0 Å². The number of ether oxygens (including phenoxy) is 1. The van der Waals surface area contributed by atoms with Crippen LogP contribution in [-0.4, -0.2) is 29.5 Å². The van der Waals surface area contributed by atoms with Crippen molar-refractivity contribution in [3.05, 3.63) is 0 Å². The van der Waals surface area contributed by atoms with Crippen molar-refractivity contribution in [2.45, 2.75) is 44.6 Å². The molecule has 1 aliphatic heterocycles. The quantitative estimate of drug-likeness (QED) is 0.499. The van der Waals surface area contributed by atoms with Gasteiger partial charge in [0.25, 0.3) is 0 Å². The molecule has 1 rings (SSSR count). The molecule has 4 atom stereocenters. The summed E-state index contributed by atoms with van der Waals surface area (Å²) in [6, 6.07) is -0.112. The highest BCUT2D eigenvalue weighted by atomic mass is 16.5. The van der Waals surface area contributed by atoms with Gasteiger partial charge in [0, 0.05) is 6.04 Å². The molecule has 0 saturated carbocycles. The van der Waals surface area contributed by atoms with Crippen molar-refractivity contribution < 1.29 is 9.84 Å². The number of hydrogen-bond donors (Lipinski definition) is 2. The van der Waals surface area contributed by atoms with E-state index in [0.29, 0.717) is 0 Å². The topological polar surface area (TPSA) is 55.5 Å². The molecule has 0 radical (unpaired) electrons. The fraction of sp³-hybridized carbons (Fsp3) is 1.00. The molecule has 60 valence electrons. The van der Waals surface area contributed by atoms with Crippen molar-refractivity contribution in [3.63, 3.8) is 0 Å². The van der Waals surface area contributed by atoms with Gasteiger partial charge in [0.1, 0.15) is 0 Å². The lowest BCUT2D eigenvalue weighted by atomic mass is 9.98. The van der Waals surface area contributed by atoms with Gasteiger partial charge < -0.3 is 15.6 Å². The van der Waals surface area contributed by atoms with Crippen LogP contribution >= 0.6 is 0 Å². The Kier molecular flexibility index (Phi) is 2.28. The SMILES string of the molecule is CC1CC(N)[C@@H](O)[C@H](C)O1. The van der Waals surface area contributed by atoms with Gasteiger partial charge in [0.2, 0.25) is 0 Å². The minimum absolute atomic E-state index is 0.112. The van der Waals surface area contributed by atoms with Crippen LogP contribution in [0.4, 0.5) is 0 Å². The maximum absolute atomic E-state index is 9.31. The first-order valence-electron chi connectivity index (χ1n) is 3.70. The summed E-state index contributed by atoms with van der Waals surface area (Å²) < 4.78 is 5.34. The van der Waals surface area contributed by atoms with Gasteiger partial charge in [-0.05, 0) is 20.3 Å². The summed E-state index contributed by atoms with van der Waals surface area (Å²) in [6.45, 7) is 3.82. The van der Waals surface area contributed by atoms with E-state index in [0.717, 1.165) is 6.42 Å². The van der Waals surface area contributed by atoms with Crippen molar-refractivity contribution in [1.29, 1.82) is 0 Å². The molecule has 1 heterocycles. The molecule has 3 nitrogen and oxygen atoms in total. The summed E-state index contributed by atoms with van der Waals surface area (Å²) in [5, 5.41) is 9.31. The van der Waals surface area contributed by atoms with Gasteiger partial charge >= 0.3 is 0 Å². The Balaban J connectivity index is 2.49. The molecule has 0 aromatic carbocycles. The average Bonchev–Trinajstić information content (AvgIpc) is 1.82. The zero-order valence-corrected chi connectivity index (χ0v) is 6.45. The van der Waals surface area contributed by atoms with E-state index >= 15 is 0 Å². The minimum atomic E-state index is -0.490. The summed E-state index contributed by atoms with van der Waals surface area (Å²) in [6.07, 6.45) is 0.342. The Morgan fingerprint density at radius 1 is 1.50 bits per heavy atom. The Morgan fingerprint density at radius 3 is 2.60 bits per heavy atom. The molecular weight excluding hydrogens is 130 g/mol. The second-order valence-corrected chi connectivity index (χ2v) is 3.04. The van der Waals surface area contributed by atoms with E-state index in [1.807, 2.05) is 13.8 Å². The second kappa shape index (κ2) is 2.86. The summed E-state index contributed by atoms with van der Waals surface area (Å²) in [5.41, 5.74) is 5.63. The van der Waals surface area contributed by atoms with Crippen molar-refractivity contribution in [2.24, 2.45) is 5.73 Å². The molecule has 0 aromatic heterocycles. The number of rotatable bonds is 0. The molecule has 3 N–H and O–H groups in total. The van der Waals surface area contributed by atoms with Gasteiger partial charge in [-0.2, -0.15) is 0 Å². The Bertz CT molecular complexity index is 106. The Labute approximate surface area is 61.2 Å². The third-order valence-electron chi connectivity index (χ3n) is 1.97. The van der Waals surface area contributed by atoms with Crippen LogP contribution in [-0.2, 0) is 4.74 Å². The maximum Gasteiger partial charge on any atom is 0.0950 e. The van der Waals surface area contributed by atoms with E-state index in [2.05, 4.69) is 0 Å². The predicted octanol–water partition coefficient (Wildman–Crippen LogP) is -0.128. The van der Waals surface area contributed by atoms with E-state index in [4.69, 9.17) is 10.5 Å². The second-order valence-electron chi connectivity index (χ2n) is 3.04. The third kappa shape index (κ3) is 1.48. The van der Waals surface area contributed by atoms with Crippen LogP contribution in [0.2, 0.25) is 0 Å². The number of aliphatic hydroxyl groups excluding tert-OH is 1. The fourth-order valence-electron chi connectivity index (χ4n) is 1.37. The van der Waals surface area contributed by atoms with Crippen LogP contribution in [0.15, 0.2) is 0 Å². The predicted molar refractivity (Wildman–Crippen MR) is 38.6 cm³/mol. The lowest BCUT2D eigenvalue weighted by Crippen LogP contribution is -2.50. The van der Waals surface area contributed by atoms with Crippen molar-refractivity contribution >= 4 is 0 Å². The van der Waals surface area contributed by atoms with Crippen LogP contribution in [0.25, 0.3) is 0 Å². The Morgan fingerprint density at radius 2 is 2.10 bits per heavy atom. The monoisotopic (exact) mass is 145 g/mol. The van der Waals surface area contributed by atoms with Gasteiger partial charge in [-0.1, -0.05) is 0 Å². The maximum atomic E-state index is 9.31. The lowest BCUT2D eigenvalue weighted by molar-refractivity contribution is -0.110. The average molecular weight is 145 g/mol. The van der Waals surface area contributed by atoms with Crippen LogP contribution in [0.5, 0.6) is 0 Å². The summed E-state index contributed by atoms with van der Waals surface area (Å²) in [5.74, 6) is 0. The van der Waals surface area contributed by atoms with E-state index < -0.39 is 6.10 Å². The van der Waals surface area contributed by atoms with Gasteiger partial charge in [0.15, 0.2) is 0 Å². The zero-order valence-electron chi connectivity index (χ0n) is 6.45. The van der Waals surface area contributed by atoms with Crippen LogP contribution < -0.4 is 5.73 Å². The van der Waals surface area contributed by atoms with Crippen molar-refractivity contribution in [3.8, 4) is 0 Å². The van der Waals surface area contributed by atoms with Crippen molar-refractivity contribution in [1.82, 2.24) is 0 Å². The van der Waals surface area contributed by atoms with Gasteiger partial charge in [-0.25, -0.2) is 0 Å². The van der Waals surface area contributed by atoms with Crippen LogP contribution in [0.1, 0.15) is 20.3 Å². The zero-order chi connectivity index (χ0) is 7.72. The normalized spacial score (nSPS) is 49.2. The molecule has 3 heteroatoms. The highest BCUT2D eigenvalue weighted by Crippen LogP contribution is 2.17. The molecule has 1 aliphatic rings. The van der Waals surface area contributed by atoms with E-state index in [1.54, 1.807) is 0 Å². The minimum Gasteiger partial charge on any atom is -0.389 e. The van der Waals surface area contributed by atoms with E-state index in [-0.39, 0.29) is 18.2 Å². The molecule has 1 fully saturated rings. The molecule has 0 spiro atoms. The lowest BCUT2D eigenvalue weighted by Gasteiger charge is -2.34. The Hall–Kier alpha value is -0.120. The number of aliphatic hydroxyl groups is 1. The van der Waals surface area contributed by atoms with Crippen LogP contribution in [0, 0.1) is 0 Å². The van der Waals surface area contributed by atoms with Gasteiger partial charge in [0.05, 0.1) is 18.3 Å². The molecule has 1 saturated heterocycles. The highest BCUT2D eigenvalue weighted by molar-refractivity contribution is 4.84. The summed E-state index contributed by atoms with van der Waals surface area (Å²) >= 11 is 0. The van der Waals surface area contributed by atoms with Gasteiger partial charge in [-0.3, -0.25) is 0 Å². The molecule has 0 bridgehead atoms. The number of hydrogen-bond acceptors (Lipinski definition) is 3. The molecule has 2 unspecified atom stereocenters. The highest BCUT2D eigenvalue weighted by Gasteiger charge is 2.30. The fourth-order valence-corrected chi connectivity index (χ4v) is 1.37. The largest absolute Gasteiger partial charge is 0.389 e. The molecule has 0 aliphatic carbocycles. The first kappa shape index (κ1) is 7.98. The van der Waals surface area contributed by atoms with E-state index in [1.165, 1.54) is 0 Å². The summed E-state index contributed by atoms with van der Waals surface area (Å²) in [4.78, 5) is 0. The van der Waals surface area contributed by atoms with Gasteiger partial charge in [-0.15, -0.1) is 0 Å². The third-order valence-corrected chi connectivity index (χ3v) is 1.97. The molecule has 10 heavy (non-hydrogen) atoms. The molecule has 0 aromatic rings. The standard InChI is InChI=1S/C7H15NO2/c1-4-3-6(8)7(9)5(2)10-4/h4-7,9H,3,8H2,1-2H3/t4?,5-,6?,7-/m0/s1. The first-order valence-corrected chi connectivity index (χ1v) is 3.70. The molecular formula is C7H15NO2. The summed E-state index contributed by atoms with van der Waals surface area (Å²) in [7, 11) is 0. The van der Waals surface area contributed by atoms with Crippen molar-refractivity contribution in [2.75, 3.05) is 0 Å². The molecule has 0 amide bonds. The van der Waals surface area contributed by atoms with E-state index in [9.17, 15) is 5.11 Å². The first-order chi connectivity index (χ1) is 4.61. The smallest absolute Gasteiger partial charge is 0.0950 e.